The van der Waals surface area contributed by atoms with Crippen LogP contribution in [0.5, 0.6) is 11.5 Å². The van der Waals surface area contributed by atoms with Crippen molar-refractivity contribution < 1.29 is 18.6 Å². The first-order chi connectivity index (χ1) is 17.9. The molecule has 3 nitrogen and oxygen atoms in total. The second kappa shape index (κ2) is 12.5. The van der Waals surface area contributed by atoms with Crippen LogP contribution in [0.15, 0.2) is 54.6 Å². The molecule has 0 amide bonds. The number of phenolic OH excluding ortho intramolecular Hbond substituents is 1. The molecule has 1 aliphatic carbocycles. The number of aromatic hydroxyl groups is 1. The SMILES string of the molecule is C.Oc1ccc2c(c1)CCCC(c1cc(F)c(Cl)cc1Cl)=C2c1ccc(O[C@H]2CCN(CCCF)C2)cc1. The molecule has 0 unspecified atom stereocenters. The molecule has 0 saturated carbocycles. The number of allylic oxidation sites excluding steroid dienone is 1. The topological polar surface area (TPSA) is 32.7 Å². The zero-order chi connectivity index (χ0) is 25.9. The highest BCUT2D eigenvalue weighted by Gasteiger charge is 2.25. The zero-order valence-corrected chi connectivity index (χ0v) is 22.0. The Balaban J connectivity index is 0.00000336. The molecule has 1 fully saturated rings. The minimum Gasteiger partial charge on any atom is -0.508 e. The van der Waals surface area contributed by atoms with Crippen molar-refractivity contribution in [1.82, 2.24) is 4.90 Å². The number of alkyl halides is 1. The van der Waals surface area contributed by atoms with E-state index in [4.69, 9.17) is 27.9 Å². The highest BCUT2D eigenvalue weighted by molar-refractivity contribution is 6.36. The van der Waals surface area contributed by atoms with Gasteiger partial charge in [-0.3, -0.25) is 9.29 Å². The van der Waals surface area contributed by atoms with Gasteiger partial charge in [0.05, 0.1) is 11.7 Å². The minimum absolute atomic E-state index is 0. The van der Waals surface area contributed by atoms with E-state index in [2.05, 4.69) is 4.90 Å². The van der Waals surface area contributed by atoms with Crippen molar-refractivity contribution in [3.8, 4) is 11.5 Å². The number of halogens is 4. The Hall–Kier alpha value is -2.60. The van der Waals surface area contributed by atoms with Crippen LogP contribution in [0, 0.1) is 5.82 Å². The fourth-order valence-corrected chi connectivity index (χ4v) is 5.90. The van der Waals surface area contributed by atoms with Crippen LogP contribution in [-0.4, -0.2) is 42.4 Å². The lowest BCUT2D eigenvalue weighted by molar-refractivity contribution is 0.198. The summed E-state index contributed by atoms with van der Waals surface area (Å²) in [6.07, 6.45) is 3.86. The summed E-state index contributed by atoms with van der Waals surface area (Å²) in [7, 11) is 0. The van der Waals surface area contributed by atoms with Gasteiger partial charge in [-0.15, -0.1) is 0 Å². The number of benzene rings is 3. The lowest BCUT2D eigenvalue weighted by atomic mass is 9.87. The monoisotopic (exact) mass is 559 g/mol. The smallest absolute Gasteiger partial charge is 0.142 e. The van der Waals surface area contributed by atoms with Crippen LogP contribution in [-0.2, 0) is 6.42 Å². The number of ether oxygens (including phenoxy) is 1. The van der Waals surface area contributed by atoms with Crippen LogP contribution in [0.25, 0.3) is 11.1 Å². The molecule has 1 aliphatic heterocycles. The molecule has 0 radical (unpaired) electrons. The third-order valence-electron chi connectivity index (χ3n) is 7.15. The number of hydrogen-bond acceptors (Lipinski definition) is 3. The van der Waals surface area contributed by atoms with Gasteiger partial charge in [-0.25, -0.2) is 4.39 Å². The molecular formula is C31H33Cl2F2NO2. The Morgan fingerprint density at radius 1 is 0.974 bits per heavy atom. The van der Waals surface area contributed by atoms with Gasteiger partial charge in [0.2, 0.25) is 0 Å². The van der Waals surface area contributed by atoms with Gasteiger partial charge in [-0.05, 0) is 102 Å². The number of hydrogen-bond donors (Lipinski definition) is 1. The Labute approximate surface area is 233 Å². The van der Waals surface area contributed by atoms with Crippen molar-refractivity contribution in [2.24, 2.45) is 0 Å². The second-order valence-corrected chi connectivity index (χ2v) is 10.5. The van der Waals surface area contributed by atoms with Gasteiger partial charge in [-0.1, -0.05) is 48.8 Å². The van der Waals surface area contributed by atoms with Gasteiger partial charge in [0.25, 0.3) is 0 Å². The molecule has 38 heavy (non-hydrogen) atoms. The fraction of sp³-hybridized carbons (Fsp3) is 0.355. The molecule has 202 valence electrons. The van der Waals surface area contributed by atoms with E-state index in [1.807, 2.05) is 30.3 Å². The van der Waals surface area contributed by atoms with E-state index in [1.165, 1.54) is 12.1 Å². The summed E-state index contributed by atoms with van der Waals surface area (Å²) in [4.78, 5) is 2.24. The van der Waals surface area contributed by atoms with Crippen LogP contribution in [0.4, 0.5) is 8.78 Å². The third kappa shape index (κ3) is 6.17. The van der Waals surface area contributed by atoms with Crippen LogP contribution in [0.1, 0.15) is 55.4 Å². The van der Waals surface area contributed by atoms with Gasteiger partial charge < -0.3 is 9.84 Å². The summed E-state index contributed by atoms with van der Waals surface area (Å²) in [5.74, 6) is 0.486. The van der Waals surface area contributed by atoms with Crippen LogP contribution < -0.4 is 4.74 Å². The van der Waals surface area contributed by atoms with Gasteiger partial charge in [0.15, 0.2) is 0 Å². The van der Waals surface area contributed by atoms with E-state index in [0.29, 0.717) is 23.4 Å². The van der Waals surface area contributed by atoms with Crippen LogP contribution in [0.3, 0.4) is 0 Å². The molecule has 1 N–H and O–H groups in total. The summed E-state index contributed by atoms with van der Waals surface area (Å²) in [6.45, 7) is 2.18. The summed E-state index contributed by atoms with van der Waals surface area (Å²) in [6, 6.07) is 16.2. The van der Waals surface area contributed by atoms with Crippen molar-refractivity contribution in [2.75, 3.05) is 26.3 Å². The molecule has 0 spiro atoms. The van der Waals surface area contributed by atoms with E-state index in [9.17, 15) is 13.9 Å². The maximum Gasteiger partial charge on any atom is 0.142 e. The van der Waals surface area contributed by atoms with Crippen LogP contribution >= 0.6 is 23.2 Å². The predicted octanol–water partition coefficient (Wildman–Crippen LogP) is 8.58. The zero-order valence-electron chi connectivity index (χ0n) is 20.5. The van der Waals surface area contributed by atoms with E-state index in [0.717, 1.165) is 72.5 Å². The lowest BCUT2D eigenvalue weighted by Crippen LogP contribution is -2.26. The van der Waals surface area contributed by atoms with E-state index in [1.54, 1.807) is 12.1 Å². The Morgan fingerprint density at radius 2 is 1.76 bits per heavy atom. The number of likely N-dealkylation sites (tertiary alicyclic amines) is 1. The van der Waals surface area contributed by atoms with Gasteiger partial charge in [0.1, 0.15) is 23.4 Å². The Bertz CT molecular complexity index is 1310. The normalized spacial score (nSPS) is 17.6. The Kier molecular flexibility index (Phi) is 9.35. The van der Waals surface area contributed by atoms with Gasteiger partial charge >= 0.3 is 0 Å². The fourth-order valence-electron chi connectivity index (χ4n) is 5.40. The Morgan fingerprint density at radius 3 is 2.53 bits per heavy atom. The molecule has 5 rings (SSSR count). The van der Waals surface area contributed by atoms with Crippen LogP contribution in [0.2, 0.25) is 10.0 Å². The quantitative estimate of drug-likeness (QED) is 0.294. The second-order valence-electron chi connectivity index (χ2n) is 9.69. The highest BCUT2D eigenvalue weighted by atomic mass is 35.5. The molecule has 7 heteroatoms. The standard InChI is InChI=1S/C30H29Cl2F2NO2.CH4/c31-27-17-28(32)29(34)16-26(27)25-4-1-3-20-15-21(36)7-10-24(20)30(25)19-5-8-22(9-6-19)37-23-11-14-35(18-23)13-2-12-33;/h5-10,15-17,23,36H,1-4,11-14,18H2;1H4/t23-;/m0./s1. The van der Waals surface area contributed by atoms with E-state index in [-0.39, 0.29) is 31.0 Å². The molecular weight excluding hydrogens is 527 g/mol. The minimum atomic E-state index is -0.510. The first-order valence-corrected chi connectivity index (χ1v) is 13.4. The summed E-state index contributed by atoms with van der Waals surface area (Å²) in [5, 5.41) is 10.5. The van der Waals surface area contributed by atoms with Crippen molar-refractivity contribution >= 4 is 34.3 Å². The number of aryl methyl sites for hydroxylation is 1. The molecule has 3 aromatic carbocycles. The summed E-state index contributed by atoms with van der Waals surface area (Å²) >= 11 is 12.6. The lowest BCUT2D eigenvalue weighted by Gasteiger charge is -2.19. The molecule has 1 saturated heterocycles. The maximum absolute atomic E-state index is 14.6. The molecule has 1 heterocycles. The third-order valence-corrected chi connectivity index (χ3v) is 7.75. The average molecular weight is 561 g/mol. The summed E-state index contributed by atoms with van der Waals surface area (Å²) < 4.78 is 33.3. The molecule has 0 bridgehead atoms. The molecule has 3 aromatic rings. The number of fused-ring (bicyclic) bond motifs is 1. The average Bonchev–Trinajstić information content (AvgIpc) is 3.24. The van der Waals surface area contributed by atoms with E-state index >= 15 is 0 Å². The predicted molar refractivity (Wildman–Crippen MR) is 153 cm³/mol. The molecule has 1 atom stereocenters. The van der Waals surface area contributed by atoms with Crippen molar-refractivity contribution in [2.45, 2.75) is 45.6 Å². The van der Waals surface area contributed by atoms with Crippen molar-refractivity contribution in [3.05, 3.63) is 92.7 Å². The number of phenols is 1. The van der Waals surface area contributed by atoms with E-state index < -0.39 is 5.82 Å². The summed E-state index contributed by atoms with van der Waals surface area (Å²) in [5.41, 5.74) is 5.51. The first kappa shape index (κ1) is 28.4. The number of nitrogens with zero attached hydrogens (tertiary/aromatic N) is 1. The van der Waals surface area contributed by atoms with Gasteiger partial charge in [0, 0.05) is 24.7 Å². The molecule has 2 aliphatic rings. The van der Waals surface area contributed by atoms with Gasteiger partial charge in [-0.2, -0.15) is 0 Å². The highest BCUT2D eigenvalue weighted by Crippen LogP contribution is 2.43. The van der Waals surface area contributed by atoms with Crippen molar-refractivity contribution in [1.29, 1.82) is 0 Å². The largest absolute Gasteiger partial charge is 0.508 e. The molecule has 0 aromatic heterocycles. The number of rotatable bonds is 7. The maximum atomic E-state index is 14.6. The first-order valence-electron chi connectivity index (χ1n) is 12.7. The van der Waals surface area contributed by atoms with Crippen molar-refractivity contribution in [3.63, 3.8) is 0 Å².